The quantitative estimate of drug-likeness (QED) is 0.662. The van der Waals surface area contributed by atoms with Crippen molar-refractivity contribution in [2.24, 2.45) is 0 Å². The van der Waals surface area contributed by atoms with Crippen molar-refractivity contribution in [2.45, 2.75) is 27.3 Å². The van der Waals surface area contributed by atoms with Gasteiger partial charge in [0.25, 0.3) is 10.1 Å². The number of rotatable bonds is 5. The van der Waals surface area contributed by atoms with Crippen molar-refractivity contribution < 1.29 is 17.8 Å². The molecule has 0 aromatic carbocycles. The monoisotopic (exact) mass is 279 g/mol. The van der Waals surface area contributed by atoms with E-state index in [4.69, 9.17) is 4.55 Å². The van der Waals surface area contributed by atoms with Gasteiger partial charge < -0.3 is 5.32 Å². The van der Waals surface area contributed by atoms with E-state index in [9.17, 15) is 13.2 Å². The number of aryl methyl sites for hydroxylation is 1. The van der Waals surface area contributed by atoms with E-state index < -0.39 is 21.8 Å². The summed E-state index contributed by atoms with van der Waals surface area (Å²) in [4.78, 5) is 11.2. The molecule has 9 nitrogen and oxygen atoms in total. The van der Waals surface area contributed by atoms with Crippen molar-refractivity contribution in [3.63, 3.8) is 0 Å². The topological polar surface area (TPSA) is 127 Å². The summed E-state index contributed by atoms with van der Waals surface area (Å²) in [7, 11) is -4.05. The van der Waals surface area contributed by atoms with Gasteiger partial charge in [0.05, 0.1) is 5.75 Å². The van der Waals surface area contributed by atoms with Gasteiger partial charge in [0.15, 0.2) is 0 Å². The van der Waals surface area contributed by atoms with Gasteiger partial charge in [-0.25, -0.2) is 4.68 Å². The van der Waals surface area contributed by atoms with Crippen LogP contribution in [0.1, 0.15) is 19.7 Å². The number of amides is 1. The van der Waals surface area contributed by atoms with E-state index in [1.54, 1.807) is 6.92 Å². The van der Waals surface area contributed by atoms with Gasteiger partial charge in [0.2, 0.25) is 5.91 Å². The van der Waals surface area contributed by atoms with Crippen LogP contribution in [-0.2, 0) is 21.5 Å². The van der Waals surface area contributed by atoms with Crippen molar-refractivity contribution in [1.29, 1.82) is 0 Å². The zero-order valence-electron chi connectivity index (χ0n) is 10.5. The van der Waals surface area contributed by atoms with E-state index in [2.05, 4.69) is 20.8 Å². The first-order valence-electron chi connectivity index (χ1n) is 5.33. The maximum atomic E-state index is 11.2. The third-order valence-corrected chi connectivity index (χ3v) is 2.41. The summed E-state index contributed by atoms with van der Waals surface area (Å²) in [6, 6.07) is 0. The summed E-state index contributed by atoms with van der Waals surface area (Å²) in [5.41, 5.74) is 0. The molecule has 1 heterocycles. The molecule has 0 atom stereocenters. The minimum Gasteiger partial charge on any atom is -0.353 e. The van der Waals surface area contributed by atoms with Crippen LogP contribution in [0.4, 0.5) is 0 Å². The first kappa shape index (κ1) is 16.4. The number of hydrogen-bond acceptors (Lipinski definition) is 6. The number of tetrazole rings is 1. The largest absolute Gasteiger partial charge is 0.353 e. The second kappa shape index (κ2) is 7.71. The van der Waals surface area contributed by atoms with Crippen molar-refractivity contribution in [1.82, 2.24) is 25.5 Å². The van der Waals surface area contributed by atoms with E-state index >= 15 is 0 Å². The molecule has 1 aromatic rings. The van der Waals surface area contributed by atoms with Crippen molar-refractivity contribution in [2.75, 3.05) is 12.3 Å². The lowest BCUT2D eigenvalue weighted by Crippen LogP contribution is -2.32. The molecule has 0 aliphatic heterocycles. The Kier molecular flexibility index (Phi) is 7.05. The van der Waals surface area contributed by atoms with Gasteiger partial charge in [-0.05, 0) is 17.4 Å². The van der Waals surface area contributed by atoms with E-state index in [0.717, 1.165) is 0 Å². The highest BCUT2D eigenvalue weighted by atomic mass is 32.2. The molecule has 104 valence electrons. The zero-order chi connectivity index (χ0) is 14.2. The summed E-state index contributed by atoms with van der Waals surface area (Å²) in [6.45, 7) is 5.38. The third kappa shape index (κ3) is 6.91. The molecule has 0 aliphatic rings. The van der Waals surface area contributed by atoms with Crippen LogP contribution in [0.5, 0.6) is 0 Å². The molecule has 1 aromatic heterocycles. The maximum Gasteiger partial charge on any atom is 0.266 e. The molecule has 0 saturated carbocycles. The number of nitrogens with zero attached hydrogens (tertiary/aromatic N) is 4. The number of nitrogens with one attached hydrogen (secondary N) is 1. The van der Waals surface area contributed by atoms with Gasteiger partial charge in [-0.3, -0.25) is 9.35 Å². The number of carbonyl (C=O) groups excluding carboxylic acids is 1. The molecular weight excluding hydrogens is 262 g/mol. The van der Waals surface area contributed by atoms with Crippen LogP contribution in [-0.4, -0.2) is 51.4 Å². The first-order valence-corrected chi connectivity index (χ1v) is 6.94. The summed E-state index contributed by atoms with van der Waals surface area (Å²) in [5, 5.41) is 12.8. The lowest BCUT2D eigenvalue weighted by molar-refractivity contribution is -0.121. The van der Waals surface area contributed by atoms with Crippen LogP contribution in [0.3, 0.4) is 0 Å². The van der Waals surface area contributed by atoms with Gasteiger partial charge >= 0.3 is 0 Å². The smallest absolute Gasteiger partial charge is 0.266 e. The van der Waals surface area contributed by atoms with Gasteiger partial charge in [0, 0.05) is 6.54 Å². The van der Waals surface area contributed by atoms with Crippen molar-refractivity contribution in [3.8, 4) is 0 Å². The van der Waals surface area contributed by atoms with Gasteiger partial charge in [-0.15, -0.1) is 5.10 Å². The van der Waals surface area contributed by atoms with E-state index in [-0.39, 0.29) is 13.1 Å². The molecular formula is C8H17N5O4S. The molecule has 0 spiro atoms. The van der Waals surface area contributed by atoms with E-state index in [0.29, 0.717) is 5.82 Å². The van der Waals surface area contributed by atoms with Crippen LogP contribution in [0.15, 0.2) is 0 Å². The molecule has 10 heteroatoms. The number of aromatic nitrogens is 4. The fourth-order valence-electron chi connectivity index (χ4n) is 0.907. The highest BCUT2D eigenvalue weighted by molar-refractivity contribution is 7.85. The molecule has 2 N–H and O–H groups in total. The summed E-state index contributed by atoms with van der Waals surface area (Å²) in [6.07, 6.45) is 0. The average Bonchev–Trinajstić information content (AvgIpc) is 2.65. The molecule has 1 rings (SSSR count). The summed E-state index contributed by atoms with van der Waals surface area (Å²) < 4.78 is 30.4. The Morgan fingerprint density at radius 2 is 2.06 bits per heavy atom. The Morgan fingerprint density at radius 3 is 2.50 bits per heavy atom. The number of carbonyl (C=O) groups is 1. The Morgan fingerprint density at radius 1 is 1.44 bits per heavy atom. The van der Waals surface area contributed by atoms with E-state index in [1.165, 1.54) is 4.68 Å². The number of hydrogen-bond donors (Lipinski definition) is 2. The lowest BCUT2D eigenvalue weighted by Gasteiger charge is -2.03. The highest BCUT2D eigenvalue weighted by Gasteiger charge is 2.08. The Balaban J connectivity index is 0.00000137. The molecule has 0 fully saturated rings. The van der Waals surface area contributed by atoms with Crippen LogP contribution >= 0.6 is 0 Å². The lowest BCUT2D eigenvalue weighted by atomic mass is 10.5. The molecule has 0 bridgehead atoms. The minimum absolute atomic E-state index is 0.0929. The molecule has 0 radical (unpaired) electrons. The van der Waals surface area contributed by atoms with Gasteiger partial charge in [-0.2, -0.15) is 8.42 Å². The van der Waals surface area contributed by atoms with Crippen LogP contribution in [0.25, 0.3) is 0 Å². The second-order valence-electron chi connectivity index (χ2n) is 3.02. The normalized spacial score (nSPS) is 10.4. The van der Waals surface area contributed by atoms with Crippen LogP contribution in [0, 0.1) is 6.92 Å². The first-order chi connectivity index (χ1) is 8.38. The van der Waals surface area contributed by atoms with Crippen molar-refractivity contribution >= 4 is 16.0 Å². The summed E-state index contributed by atoms with van der Waals surface area (Å²) >= 11 is 0. The Hall–Kier alpha value is -1.55. The zero-order valence-corrected chi connectivity index (χ0v) is 11.3. The molecule has 0 saturated heterocycles. The minimum atomic E-state index is -4.05. The molecule has 0 unspecified atom stereocenters. The Bertz CT molecular complexity index is 470. The highest BCUT2D eigenvalue weighted by Crippen LogP contribution is 1.87. The SMILES string of the molecule is CC.Cc1nnnn1CC(=O)NCCS(=O)(=O)O. The second-order valence-corrected chi connectivity index (χ2v) is 4.59. The Labute approximate surface area is 105 Å². The molecule has 1 amide bonds. The van der Waals surface area contributed by atoms with Gasteiger partial charge in [0.1, 0.15) is 12.4 Å². The van der Waals surface area contributed by atoms with Gasteiger partial charge in [-0.1, -0.05) is 13.8 Å². The third-order valence-electron chi connectivity index (χ3n) is 1.69. The predicted molar refractivity (Wildman–Crippen MR) is 63.3 cm³/mol. The average molecular weight is 279 g/mol. The standard InChI is InChI=1S/C6H11N5O4S.C2H6/c1-5-8-9-10-11(5)4-6(12)7-2-3-16(13,14)15;1-2/h2-4H2,1H3,(H,7,12)(H,13,14,15);1-2H3. The summed E-state index contributed by atoms with van der Waals surface area (Å²) in [5.74, 6) is -0.475. The molecule has 0 aliphatic carbocycles. The van der Waals surface area contributed by atoms with Crippen LogP contribution in [0.2, 0.25) is 0 Å². The fourth-order valence-corrected chi connectivity index (χ4v) is 1.27. The molecule has 18 heavy (non-hydrogen) atoms. The van der Waals surface area contributed by atoms with E-state index in [1.807, 2.05) is 13.8 Å². The van der Waals surface area contributed by atoms with Crippen LogP contribution < -0.4 is 5.32 Å². The fraction of sp³-hybridized carbons (Fsp3) is 0.750. The predicted octanol–water partition coefficient (Wildman–Crippen LogP) is -0.988. The van der Waals surface area contributed by atoms with Crippen molar-refractivity contribution in [3.05, 3.63) is 5.82 Å². The maximum absolute atomic E-state index is 11.2.